The van der Waals surface area contributed by atoms with Crippen LogP contribution in [0.5, 0.6) is 0 Å². The van der Waals surface area contributed by atoms with Crippen LogP contribution in [0.25, 0.3) is 0 Å². The highest BCUT2D eigenvalue weighted by Gasteiger charge is 2.25. The number of carbonyl (C=O) groups is 1. The Morgan fingerprint density at radius 1 is 1.28 bits per heavy atom. The predicted molar refractivity (Wildman–Crippen MR) is 100 cm³/mol. The Balaban J connectivity index is 2.01. The van der Waals surface area contributed by atoms with Crippen LogP contribution in [0.4, 0.5) is 0 Å². The van der Waals surface area contributed by atoms with Crippen molar-refractivity contribution in [3.8, 4) is 0 Å². The van der Waals surface area contributed by atoms with E-state index in [1.54, 1.807) is 0 Å². The van der Waals surface area contributed by atoms with Crippen molar-refractivity contribution in [1.82, 2.24) is 15.1 Å². The van der Waals surface area contributed by atoms with Crippen LogP contribution in [0, 0.1) is 25.7 Å². The lowest BCUT2D eigenvalue weighted by Crippen LogP contribution is -2.42. The van der Waals surface area contributed by atoms with Crippen LogP contribution >= 0.6 is 0 Å². The molecule has 1 aliphatic rings. The lowest BCUT2D eigenvalue weighted by atomic mass is 9.82. The molecule has 2 N–H and O–H groups in total. The number of hydrogen-bond acceptors (Lipinski definition) is 3. The average molecular weight is 350 g/mol. The van der Waals surface area contributed by atoms with Gasteiger partial charge in [-0.1, -0.05) is 33.1 Å². The molecule has 0 aromatic carbocycles. The molecule has 1 aromatic rings. The van der Waals surface area contributed by atoms with Crippen molar-refractivity contribution >= 4 is 5.91 Å². The number of aliphatic hydroxyl groups is 1. The van der Waals surface area contributed by atoms with E-state index >= 15 is 0 Å². The maximum absolute atomic E-state index is 12.6. The summed E-state index contributed by atoms with van der Waals surface area (Å²) in [5, 5.41) is 17.2. The number of carbonyl (C=O) groups excluding carboxylic acids is 1. The summed E-state index contributed by atoms with van der Waals surface area (Å²) in [5.41, 5.74) is 3.09. The highest BCUT2D eigenvalue weighted by molar-refractivity contribution is 5.79. The molecule has 1 atom stereocenters. The SMILES string of the molecule is Cc1nn(CC(C)C)c(C)c1CC(=O)NC(CCO)C1CCCCC1. The zero-order chi connectivity index (χ0) is 18.4. The van der Waals surface area contributed by atoms with Gasteiger partial charge >= 0.3 is 0 Å². The van der Waals surface area contributed by atoms with Gasteiger partial charge in [0.15, 0.2) is 0 Å². The van der Waals surface area contributed by atoms with E-state index in [0.717, 1.165) is 36.3 Å². The van der Waals surface area contributed by atoms with E-state index in [1.165, 1.54) is 19.3 Å². The Labute approximate surface area is 152 Å². The molecule has 0 bridgehead atoms. The van der Waals surface area contributed by atoms with Gasteiger partial charge in [0.2, 0.25) is 5.91 Å². The number of rotatable bonds is 8. The average Bonchev–Trinajstić information content (AvgIpc) is 2.82. The Hall–Kier alpha value is -1.36. The molecule has 0 spiro atoms. The molecule has 142 valence electrons. The first-order chi connectivity index (χ1) is 11.9. The van der Waals surface area contributed by atoms with Crippen LogP contribution in [0.2, 0.25) is 0 Å². The standard InChI is InChI=1S/C20H35N3O2/c1-14(2)13-23-16(4)18(15(3)22-23)12-20(25)21-19(10-11-24)17-8-6-5-7-9-17/h14,17,19,24H,5-13H2,1-4H3,(H,21,25). The van der Waals surface area contributed by atoms with Gasteiger partial charge in [-0.15, -0.1) is 0 Å². The normalized spacial score (nSPS) is 17.0. The summed E-state index contributed by atoms with van der Waals surface area (Å²) in [6.45, 7) is 9.39. The van der Waals surface area contributed by atoms with Crippen molar-refractivity contribution in [2.24, 2.45) is 11.8 Å². The lowest BCUT2D eigenvalue weighted by molar-refractivity contribution is -0.121. The first kappa shape index (κ1) is 20.0. The van der Waals surface area contributed by atoms with Crippen molar-refractivity contribution in [3.63, 3.8) is 0 Å². The van der Waals surface area contributed by atoms with Crippen LogP contribution in [0.15, 0.2) is 0 Å². The molecule has 1 unspecified atom stereocenters. The summed E-state index contributed by atoms with van der Waals surface area (Å²) < 4.78 is 2.02. The van der Waals surface area contributed by atoms with Crippen molar-refractivity contribution in [1.29, 1.82) is 0 Å². The molecule has 1 heterocycles. The first-order valence-electron chi connectivity index (χ1n) is 9.85. The number of nitrogens with one attached hydrogen (secondary N) is 1. The van der Waals surface area contributed by atoms with Gasteiger partial charge in [0, 0.05) is 30.5 Å². The van der Waals surface area contributed by atoms with Crippen molar-refractivity contribution < 1.29 is 9.90 Å². The van der Waals surface area contributed by atoms with Gasteiger partial charge in [-0.3, -0.25) is 9.48 Å². The number of aromatic nitrogens is 2. The van der Waals surface area contributed by atoms with Gasteiger partial charge in [-0.25, -0.2) is 0 Å². The third-order valence-corrected chi connectivity index (χ3v) is 5.41. The Morgan fingerprint density at radius 3 is 2.56 bits per heavy atom. The van der Waals surface area contributed by atoms with Gasteiger partial charge in [0.25, 0.3) is 0 Å². The smallest absolute Gasteiger partial charge is 0.224 e. The van der Waals surface area contributed by atoms with Crippen LogP contribution in [-0.2, 0) is 17.8 Å². The summed E-state index contributed by atoms with van der Waals surface area (Å²) in [4.78, 5) is 12.6. The van der Waals surface area contributed by atoms with Gasteiger partial charge in [-0.2, -0.15) is 5.10 Å². The van der Waals surface area contributed by atoms with E-state index in [0.29, 0.717) is 24.7 Å². The zero-order valence-electron chi connectivity index (χ0n) is 16.3. The minimum absolute atomic E-state index is 0.0549. The lowest BCUT2D eigenvalue weighted by Gasteiger charge is -2.30. The predicted octanol–water partition coefficient (Wildman–Crippen LogP) is 3.15. The quantitative estimate of drug-likeness (QED) is 0.757. The van der Waals surface area contributed by atoms with E-state index in [-0.39, 0.29) is 18.6 Å². The summed E-state index contributed by atoms with van der Waals surface area (Å²) >= 11 is 0. The van der Waals surface area contributed by atoms with Crippen LogP contribution in [-0.4, -0.2) is 33.4 Å². The molecule has 0 saturated heterocycles. The topological polar surface area (TPSA) is 67.2 Å². The monoisotopic (exact) mass is 349 g/mol. The maximum atomic E-state index is 12.6. The Kier molecular flexibility index (Phi) is 7.48. The molecule has 25 heavy (non-hydrogen) atoms. The largest absolute Gasteiger partial charge is 0.396 e. The van der Waals surface area contributed by atoms with E-state index in [1.807, 2.05) is 11.6 Å². The molecule has 0 aliphatic heterocycles. The summed E-state index contributed by atoms with van der Waals surface area (Å²) in [6, 6.07) is 0.101. The molecule has 1 fully saturated rings. The fourth-order valence-corrected chi connectivity index (χ4v) is 4.03. The van der Waals surface area contributed by atoms with Crippen LogP contribution in [0.3, 0.4) is 0 Å². The second kappa shape index (κ2) is 9.37. The van der Waals surface area contributed by atoms with E-state index < -0.39 is 0 Å². The molecule has 1 aliphatic carbocycles. The maximum Gasteiger partial charge on any atom is 0.224 e. The van der Waals surface area contributed by atoms with Crippen molar-refractivity contribution in [3.05, 3.63) is 17.0 Å². The highest BCUT2D eigenvalue weighted by Crippen LogP contribution is 2.28. The van der Waals surface area contributed by atoms with Crippen molar-refractivity contribution in [2.45, 2.75) is 85.2 Å². The Morgan fingerprint density at radius 2 is 1.96 bits per heavy atom. The minimum atomic E-state index is 0.0549. The van der Waals surface area contributed by atoms with Gasteiger partial charge in [0.1, 0.15) is 0 Å². The van der Waals surface area contributed by atoms with Crippen molar-refractivity contribution in [2.75, 3.05) is 6.61 Å². The van der Waals surface area contributed by atoms with Gasteiger partial charge < -0.3 is 10.4 Å². The summed E-state index contributed by atoms with van der Waals surface area (Å²) in [5.74, 6) is 1.09. The second-order valence-corrected chi connectivity index (χ2v) is 7.99. The third-order valence-electron chi connectivity index (χ3n) is 5.41. The number of hydrogen-bond donors (Lipinski definition) is 2. The Bertz CT molecular complexity index is 560. The van der Waals surface area contributed by atoms with E-state index in [4.69, 9.17) is 0 Å². The number of aliphatic hydroxyl groups excluding tert-OH is 1. The molecule has 1 saturated carbocycles. The number of nitrogens with zero attached hydrogens (tertiary/aromatic N) is 2. The molecule has 1 amide bonds. The molecule has 2 rings (SSSR count). The fourth-order valence-electron chi connectivity index (χ4n) is 4.03. The number of amides is 1. The molecule has 5 nitrogen and oxygen atoms in total. The van der Waals surface area contributed by atoms with E-state index in [2.05, 4.69) is 31.2 Å². The zero-order valence-corrected chi connectivity index (χ0v) is 16.3. The highest BCUT2D eigenvalue weighted by atomic mass is 16.3. The van der Waals surface area contributed by atoms with Crippen LogP contribution in [0.1, 0.15) is 69.3 Å². The minimum Gasteiger partial charge on any atom is -0.396 e. The molecule has 5 heteroatoms. The molecule has 1 aromatic heterocycles. The van der Waals surface area contributed by atoms with Gasteiger partial charge in [-0.05, 0) is 44.9 Å². The number of aryl methyl sites for hydroxylation is 1. The first-order valence-corrected chi connectivity index (χ1v) is 9.85. The molecular weight excluding hydrogens is 314 g/mol. The second-order valence-electron chi connectivity index (χ2n) is 7.99. The van der Waals surface area contributed by atoms with E-state index in [9.17, 15) is 9.90 Å². The molecule has 0 radical (unpaired) electrons. The fraction of sp³-hybridized carbons (Fsp3) is 0.800. The summed E-state index contributed by atoms with van der Waals surface area (Å²) in [6.07, 6.45) is 7.13. The summed E-state index contributed by atoms with van der Waals surface area (Å²) in [7, 11) is 0. The van der Waals surface area contributed by atoms with Gasteiger partial charge in [0.05, 0.1) is 12.1 Å². The molecular formula is C20H35N3O2. The third kappa shape index (κ3) is 5.56. The van der Waals surface area contributed by atoms with Crippen LogP contribution < -0.4 is 5.32 Å².